The number of aromatic nitrogens is 1. The number of Topliss-reactive ketones (excluding diaryl/α,β-unsaturated/α-hetero) is 2. The highest BCUT2D eigenvalue weighted by molar-refractivity contribution is 6.18. The smallest absolute Gasteiger partial charge is 0.247 e. The second-order valence-electron chi connectivity index (χ2n) is 20.7. The van der Waals surface area contributed by atoms with Crippen LogP contribution in [-0.4, -0.2) is 55.1 Å². The minimum atomic E-state index is -0.964. The van der Waals surface area contributed by atoms with E-state index in [4.69, 9.17) is 4.74 Å². The molecule has 3 heterocycles. The summed E-state index contributed by atoms with van der Waals surface area (Å²) >= 11 is 0. The van der Waals surface area contributed by atoms with Crippen molar-refractivity contribution in [1.29, 1.82) is 0 Å². The van der Waals surface area contributed by atoms with Gasteiger partial charge in [0.25, 0.3) is 0 Å². The van der Waals surface area contributed by atoms with E-state index in [-0.39, 0.29) is 40.1 Å². The third-order valence-corrected chi connectivity index (χ3v) is 16.1. The molecule has 1 aromatic carbocycles. The van der Waals surface area contributed by atoms with Gasteiger partial charge in [0.15, 0.2) is 11.6 Å². The first kappa shape index (κ1) is 39.2. The molecule has 2 aliphatic heterocycles. The van der Waals surface area contributed by atoms with Crippen LogP contribution in [0.25, 0.3) is 16.5 Å². The Kier molecular flexibility index (Phi) is 8.40. The molecule has 1 amide bonds. The highest BCUT2D eigenvalue weighted by Gasteiger charge is 2.68. The molecule has 56 heavy (non-hydrogen) atoms. The monoisotopic (exact) mass is 762 g/mol. The van der Waals surface area contributed by atoms with Gasteiger partial charge >= 0.3 is 0 Å². The molecule has 0 saturated heterocycles. The molecule has 1 aromatic heterocycles. The first-order valence-corrected chi connectivity index (χ1v) is 20.8. The van der Waals surface area contributed by atoms with Gasteiger partial charge in [-0.2, -0.15) is 0 Å². The molecule has 0 radical (unpaired) electrons. The van der Waals surface area contributed by atoms with E-state index in [1.807, 2.05) is 13.0 Å². The Morgan fingerprint density at radius 1 is 1.04 bits per heavy atom. The topological polar surface area (TPSA) is 118 Å². The largest absolute Gasteiger partial charge is 0.392 e. The number of hydrogen-bond donors (Lipinski definition) is 3. The number of amides is 1. The van der Waals surface area contributed by atoms with E-state index in [1.165, 1.54) is 18.2 Å². The summed E-state index contributed by atoms with van der Waals surface area (Å²) in [6.45, 7) is 28.3. The van der Waals surface area contributed by atoms with Gasteiger partial charge in [-0.1, -0.05) is 51.2 Å². The molecule has 9 atom stereocenters. The van der Waals surface area contributed by atoms with Crippen molar-refractivity contribution in [2.24, 2.45) is 28.6 Å². The minimum Gasteiger partial charge on any atom is -0.392 e. The summed E-state index contributed by atoms with van der Waals surface area (Å²) in [5.74, 6) is -0.202. The lowest BCUT2D eigenvalue weighted by atomic mass is 9.40. The van der Waals surface area contributed by atoms with Crippen LogP contribution in [0, 0.1) is 28.6 Å². The van der Waals surface area contributed by atoms with Crippen molar-refractivity contribution >= 4 is 33.9 Å². The van der Waals surface area contributed by atoms with Crippen molar-refractivity contribution in [2.45, 2.75) is 156 Å². The zero-order valence-electron chi connectivity index (χ0n) is 35.6. The number of nitrogens with zero attached hydrogens (tertiary/aromatic N) is 1. The third kappa shape index (κ3) is 4.97. The number of hydrogen-bond acceptors (Lipinski definition) is 6. The number of carbonyl (C=O) groups excluding carboxylic acids is 3. The molecule has 2 saturated carbocycles. The number of carbonyl (C=O) groups is 3. The maximum Gasteiger partial charge on any atom is 0.247 e. The van der Waals surface area contributed by atoms with Gasteiger partial charge in [-0.3, -0.25) is 14.4 Å². The molecular formula is C48H62N2O6. The highest BCUT2D eigenvalue weighted by Crippen LogP contribution is 2.71. The van der Waals surface area contributed by atoms with Crippen molar-refractivity contribution in [3.05, 3.63) is 76.0 Å². The average molecular weight is 763 g/mol. The van der Waals surface area contributed by atoms with Gasteiger partial charge in [0.2, 0.25) is 5.91 Å². The van der Waals surface area contributed by atoms with Crippen LogP contribution in [0.3, 0.4) is 0 Å². The van der Waals surface area contributed by atoms with Gasteiger partial charge in [0.05, 0.1) is 40.0 Å². The molecule has 3 N–H and O–H groups in total. The fourth-order valence-corrected chi connectivity index (χ4v) is 13.1. The molecule has 8 rings (SSSR count). The minimum absolute atomic E-state index is 0.0164. The number of fused-ring (bicyclic) bond motifs is 11. The molecule has 4 aliphatic carbocycles. The number of aliphatic hydroxyl groups excluding tert-OH is 2. The Morgan fingerprint density at radius 2 is 1.71 bits per heavy atom. The van der Waals surface area contributed by atoms with Gasteiger partial charge in [0.1, 0.15) is 6.04 Å². The van der Waals surface area contributed by atoms with Crippen LogP contribution in [0.2, 0.25) is 0 Å². The number of nitrogens with one attached hydrogen (secondary N) is 1. The summed E-state index contributed by atoms with van der Waals surface area (Å²) < 4.78 is 8.89. The normalized spacial score (nSPS) is 36.5. The Bertz CT molecular complexity index is 2250. The van der Waals surface area contributed by atoms with Crippen molar-refractivity contribution < 1.29 is 29.3 Å². The summed E-state index contributed by atoms with van der Waals surface area (Å²) in [7, 11) is 0. The van der Waals surface area contributed by atoms with Gasteiger partial charge in [-0.15, -0.1) is 0 Å². The Labute approximate surface area is 332 Å². The number of benzene rings is 1. The van der Waals surface area contributed by atoms with Gasteiger partial charge in [-0.05, 0) is 141 Å². The number of allylic oxidation sites excluding steroid dienone is 3. The van der Waals surface area contributed by atoms with Crippen molar-refractivity contribution in [2.75, 3.05) is 0 Å². The van der Waals surface area contributed by atoms with E-state index in [9.17, 15) is 24.6 Å². The molecule has 2 aromatic rings. The Balaban J connectivity index is 1.26. The van der Waals surface area contributed by atoms with Crippen molar-refractivity contribution in [3.63, 3.8) is 0 Å². The molecule has 300 valence electrons. The lowest BCUT2D eigenvalue weighted by molar-refractivity contribution is -0.144. The number of ether oxygens (including phenoxy) is 1. The molecule has 0 spiro atoms. The second-order valence-corrected chi connectivity index (χ2v) is 20.7. The zero-order valence-corrected chi connectivity index (χ0v) is 35.6. The number of rotatable bonds is 6. The maximum absolute atomic E-state index is 14.9. The summed E-state index contributed by atoms with van der Waals surface area (Å²) in [5, 5.41) is 28.0. The summed E-state index contributed by atoms with van der Waals surface area (Å²) in [5.41, 5.74) is 4.98. The molecule has 0 bridgehead atoms. The van der Waals surface area contributed by atoms with Crippen molar-refractivity contribution in [1.82, 2.24) is 9.88 Å². The fraction of sp³-hybridized carbons (Fsp3) is 0.604. The molecular weight excluding hydrogens is 701 g/mol. The predicted molar refractivity (Wildman–Crippen MR) is 220 cm³/mol. The predicted octanol–water partition coefficient (Wildman–Crippen LogP) is 8.58. The van der Waals surface area contributed by atoms with Crippen LogP contribution in [0.4, 0.5) is 0 Å². The Hall–Kier alpha value is -3.59. The Morgan fingerprint density at radius 3 is 2.36 bits per heavy atom. The van der Waals surface area contributed by atoms with E-state index >= 15 is 0 Å². The van der Waals surface area contributed by atoms with Crippen LogP contribution in [0.1, 0.15) is 154 Å². The van der Waals surface area contributed by atoms with E-state index < -0.39 is 40.4 Å². The lowest BCUT2D eigenvalue weighted by Crippen LogP contribution is -2.62. The fourth-order valence-electron chi connectivity index (χ4n) is 13.1. The molecule has 0 unspecified atom stereocenters. The van der Waals surface area contributed by atoms with E-state index in [1.54, 1.807) is 26.8 Å². The van der Waals surface area contributed by atoms with Gasteiger partial charge < -0.3 is 24.8 Å². The first-order chi connectivity index (χ1) is 25.8. The maximum atomic E-state index is 14.9. The SMILES string of the molecule is C=C(C)[C@H]1C(=O)c2c3c(cc4c5c(n1c24)[C@@]1(C)[C@@H](CC[C@H]2[C@](C)(/C=C/C=C(\C)C(=O)NC(C)(C)C(C)=O)[C@@H](O)CC[C@@]21C)C5)C1=CC(C)(C)OC(C)(C)[C@H]1[C@@H]3O. The summed E-state index contributed by atoms with van der Waals surface area (Å²) in [6, 6.07) is 1.74. The number of ketones is 2. The van der Waals surface area contributed by atoms with Gasteiger partial charge in [0, 0.05) is 39.0 Å². The molecule has 8 nitrogen and oxygen atoms in total. The lowest BCUT2D eigenvalue weighted by Gasteiger charge is -2.64. The second kappa shape index (κ2) is 12.0. The molecule has 2 fully saturated rings. The zero-order chi connectivity index (χ0) is 41.0. The van der Waals surface area contributed by atoms with Crippen LogP contribution in [-0.2, 0) is 26.2 Å². The summed E-state index contributed by atoms with van der Waals surface area (Å²) in [6.07, 6.45) is 10.9. The van der Waals surface area contributed by atoms with Crippen LogP contribution >= 0.6 is 0 Å². The average Bonchev–Trinajstić information content (AvgIpc) is 3.75. The van der Waals surface area contributed by atoms with Crippen LogP contribution in [0.5, 0.6) is 0 Å². The molecule has 8 heteroatoms. The van der Waals surface area contributed by atoms with Crippen molar-refractivity contribution in [3.8, 4) is 0 Å². The van der Waals surface area contributed by atoms with Crippen LogP contribution < -0.4 is 5.32 Å². The highest BCUT2D eigenvalue weighted by atomic mass is 16.5. The summed E-state index contributed by atoms with van der Waals surface area (Å²) in [4.78, 5) is 40.0. The van der Waals surface area contributed by atoms with Crippen LogP contribution in [0.15, 0.2) is 48.1 Å². The van der Waals surface area contributed by atoms with E-state index in [0.717, 1.165) is 58.9 Å². The first-order valence-electron chi connectivity index (χ1n) is 20.8. The quantitative estimate of drug-likeness (QED) is 0.154. The van der Waals surface area contributed by atoms with Gasteiger partial charge in [-0.25, -0.2) is 0 Å². The third-order valence-electron chi connectivity index (χ3n) is 16.1. The van der Waals surface area contributed by atoms with E-state index in [2.05, 4.69) is 83.1 Å². The standard InChI is InChI=1S/C48H62N2O6/c1-24(2)37-40(54)35-34-28(31-23-43(5,6)56-45(9,10)36(31)39(34)53)22-29-30-21-27-16-17-32-46(11,19-14-15-25(3)42(55)49-44(7,8)26(4)51)33(52)18-20-47(32,12)48(27,13)41(30)50(37)38(29)35/h14-15,19,22-23,27,32-33,36-37,39,52-53H,1,16-18,20-21H2,2-13H3,(H,49,55)/b19-14+,25-15+/t27-,32-,33-,36+,37-,39+,46-,47-,48+/m0/s1. The van der Waals surface area contributed by atoms with E-state index in [0.29, 0.717) is 23.5 Å². The number of aliphatic hydroxyl groups is 2. The molecule has 6 aliphatic rings.